The van der Waals surface area contributed by atoms with Crippen molar-refractivity contribution in [1.82, 2.24) is 0 Å². The molecule has 0 fully saturated rings. The van der Waals surface area contributed by atoms with Gasteiger partial charge in [-0.15, -0.1) is 0 Å². The summed E-state index contributed by atoms with van der Waals surface area (Å²) in [5.74, 6) is 0. The van der Waals surface area contributed by atoms with Crippen molar-refractivity contribution in [2.24, 2.45) is 0 Å². The van der Waals surface area contributed by atoms with Gasteiger partial charge in [-0.05, 0) is 26.7 Å². The van der Waals surface area contributed by atoms with Crippen LogP contribution in [-0.4, -0.2) is 12.2 Å². The molecule has 0 aliphatic carbocycles. The molecule has 0 saturated heterocycles. The van der Waals surface area contributed by atoms with Crippen molar-refractivity contribution < 1.29 is 5.11 Å². The summed E-state index contributed by atoms with van der Waals surface area (Å²) in [6.45, 7) is 11.7. The molecule has 1 N–H and O–H groups in total. The molecule has 0 atom stereocenters. The number of hydrogen-bond donors (Lipinski definition) is 1. The topological polar surface area (TPSA) is 20.2 Å². The number of rotatable bonds is 4. The molecule has 0 aliphatic rings. The molecule has 70 valence electrons. The molecule has 1 heteroatoms. The van der Waals surface area contributed by atoms with Gasteiger partial charge in [0.15, 0.2) is 0 Å². The van der Waals surface area contributed by atoms with E-state index in [1.54, 1.807) is 0 Å². The second-order valence-corrected chi connectivity index (χ2v) is 2.68. The van der Waals surface area contributed by atoms with Crippen molar-refractivity contribution >= 4 is 0 Å². The van der Waals surface area contributed by atoms with Gasteiger partial charge in [-0.2, -0.15) is 0 Å². The predicted octanol–water partition coefficient (Wildman–Crippen LogP) is 3.08. The molecule has 1 nitrogen and oxygen atoms in total. The lowest BCUT2D eigenvalue weighted by molar-refractivity contribution is 0.399. The Labute approximate surface area is 76.1 Å². The van der Waals surface area contributed by atoms with Crippen molar-refractivity contribution in [3.8, 4) is 0 Å². The van der Waals surface area contributed by atoms with Crippen LogP contribution in [0.5, 0.6) is 0 Å². The van der Waals surface area contributed by atoms with E-state index in [1.165, 1.54) is 5.57 Å². The molecule has 0 amide bonds. The first-order chi connectivity index (χ1) is 5.66. The fourth-order valence-corrected chi connectivity index (χ4v) is 0.648. The van der Waals surface area contributed by atoms with Crippen LogP contribution in [0.4, 0.5) is 0 Å². The van der Waals surface area contributed by atoms with Gasteiger partial charge in [-0.1, -0.05) is 36.5 Å². The molecule has 0 spiro atoms. The van der Waals surface area contributed by atoms with E-state index in [0.29, 0.717) is 0 Å². The SMILES string of the molecule is C=CC(=C)CCC=C(C)C.CO. The zero-order chi connectivity index (χ0) is 9.98. The third-order valence-electron chi connectivity index (χ3n) is 1.31. The van der Waals surface area contributed by atoms with Crippen molar-refractivity contribution in [3.05, 3.63) is 36.5 Å². The normalized spacial score (nSPS) is 7.67. The van der Waals surface area contributed by atoms with E-state index in [-0.39, 0.29) is 0 Å². The molecular weight excluding hydrogens is 148 g/mol. The standard InChI is InChI=1S/C10H16.CH4O/c1-5-10(4)8-6-7-9(2)3;1-2/h5,7H,1,4,6,8H2,2-3H3;2H,1H3. The van der Waals surface area contributed by atoms with E-state index in [9.17, 15) is 0 Å². The van der Waals surface area contributed by atoms with Crippen LogP contribution in [0.1, 0.15) is 26.7 Å². The average Bonchev–Trinajstić information content (AvgIpc) is 2.07. The third-order valence-corrected chi connectivity index (χ3v) is 1.31. The van der Waals surface area contributed by atoms with Gasteiger partial charge in [-0.3, -0.25) is 0 Å². The van der Waals surface area contributed by atoms with Crippen LogP contribution in [0.15, 0.2) is 36.5 Å². The molecule has 0 saturated carbocycles. The van der Waals surface area contributed by atoms with Gasteiger partial charge in [-0.25, -0.2) is 0 Å². The molecule has 0 aliphatic heterocycles. The zero-order valence-electron chi connectivity index (χ0n) is 8.43. The van der Waals surface area contributed by atoms with Gasteiger partial charge in [0, 0.05) is 7.11 Å². The van der Waals surface area contributed by atoms with Gasteiger partial charge in [0.2, 0.25) is 0 Å². The lowest BCUT2D eigenvalue weighted by Crippen LogP contribution is -1.74. The first kappa shape index (κ1) is 13.7. The van der Waals surface area contributed by atoms with Crippen molar-refractivity contribution in [1.29, 1.82) is 0 Å². The summed E-state index contributed by atoms with van der Waals surface area (Å²) >= 11 is 0. The van der Waals surface area contributed by atoms with Crippen LogP contribution in [0.3, 0.4) is 0 Å². The van der Waals surface area contributed by atoms with E-state index < -0.39 is 0 Å². The summed E-state index contributed by atoms with van der Waals surface area (Å²) in [6, 6.07) is 0. The Balaban J connectivity index is 0. The van der Waals surface area contributed by atoms with Crippen molar-refractivity contribution in [2.45, 2.75) is 26.7 Å². The molecule has 0 radical (unpaired) electrons. The van der Waals surface area contributed by atoms with Crippen LogP contribution >= 0.6 is 0 Å². The fraction of sp³-hybridized carbons (Fsp3) is 0.455. The van der Waals surface area contributed by atoms with Gasteiger partial charge < -0.3 is 5.11 Å². The third kappa shape index (κ3) is 11.9. The molecule has 0 aromatic carbocycles. The second-order valence-electron chi connectivity index (χ2n) is 2.68. The monoisotopic (exact) mass is 168 g/mol. The van der Waals surface area contributed by atoms with E-state index in [2.05, 4.69) is 33.1 Å². The maximum Gasteiger partial charge on any atom is 0.0319 e. The molecular formula is C11H20O. The highest BCUT2D eigenvalue weighted by molar-refractivity contribution is 5.11. The highest BCUT2D eigenvalue weighted by Gasteiger charge is 1.84. The maximum absolute atomic E-state index is 7.00. The molecule has 12 heavy (non-hydrogen) atoms. The minimum absolute atomic E-state index is 1.00. The average molecular weight is 168 g/mol. The van der Waals surface area contributed by atoms with Crippen LogP contribution in [0.25, 0.3) is 0 Å². The van der Waals surface area contributed by atoms with Gasteiger partial charge in [0.1, 0.15) is 0 Å². The number of aliphatic hydroxyl groups excluding tert-OH is 1. The van der Waals surface area contributed by atoms with E-state index >= 15 is 0 Å². The maximum atomic E-state index is 7.00. The van der Waals surface area contributed by atoms with Gasteiger partial charge in [0.05, 0.1) is 0 Å². The lowest BCUT2D eigenvalue weighted by atomic mass is 10.1. The van der Waals surface area contributed by atoms with Gasteiger partial charge in [0.25, 0.3) is 0 Å². The lowest BCUT2D eigenvalue weighted by Gasteiger charge is -1.94. The van der Waals surface area contributed by atoms with Crippen molar-refractivity contribution in [2.75, 3.05) is 7.11 Å². The van der Waals surface area contributed by atoms with Crippen molar-refractivity contribution in [3.63, 3.8) is 0 Å². The second kappa shape index (κ2) is 10.2. The Hall–Kier alpha value is -0.820. The largest absolute Gasteiger partial charge is 0.400 e. The molecule has 0 rings (SSSR count). The first-order valence-corrected chi connectivity index (χ1v) is 4.05. The summed E-state index contributed by atoms with van der Waals surface area (Å²) in [5.41, 5.74) is 2.49. The van der Waals surface area contributed by atoms with Crippen LogP contribution in [0, 0.1) is 0 Å². The first-order valence-electron chi connectivity index (χ1n) is 4.05. The number of aliphatic hydroxyl groups is 1. The Kier molecular flexibility index (Phi) is 11.7. The summed E-state index contributed by atoms with van der Waals surface area (Å²) in [6.07, 6.45) is 6.16. The highest BCUT2D eigenvalue weighted by atomic mass is 16.2. The van der Waals surface area contributed by atoms with Crippen LogP contribution in [0.2, 0.25) is 0 Å². The van der Waals surface area contributed by atoms with Gasteiger partial charge >= 0.3 is 0 Å². The Morgan fingerprint density at radius 2 is 1.83 bits per heavy atom. The van der Waals surface area contributed by atoms with E-state index in [0.717, 1.165) is 25.5 Å². The fourth-order valence-electron chi connectivity index (χ4n) is 0.648. The molecule has 0 aromatic heterocycles. The predicted molar refractivity (Wildman–Crippen MR) is 56.1 cm³/mol. The number of hydrogen-bond acceptors (Lipinski definition) is 1. The minimum Gasteiger partial charge on any atom is -0.400 e. The Bertz CT molecular complexity index is 150. The molecule has 0 bridgehead atoms. The number of allylic oxidation sites excluding steroid dienone is 4. The quantitative estimate of drug-likeness (QED) is 0.505. The molecule has 0 unspecified atom stereocenters. The smallest absolute Gasteiger partial charge is 0.0319 e. The summed E-state index contributed by atoms with van der Waals surface area (Å²) in [7, 11) is 1.00. The van der Waals surface area contributed by atoms with Crippen LogP contribution in [-0.2, 0) is 0 Å². The van der Waals surface area contributed by atoms with E-state index in [1.807, 2.05) is 6.08 Å². The van der Waals surface area contributed by atoms with Crippen LogP contribution < -0.4 is 0 Å². The molecule has 0 heterocycles. The summed E-state index contributed by atoms with van der Waals surface area (Å²) in [5, 5.41) is 7.00. The highest BCUT2D eigenvalue weighted by Crippen LogP contribution is 2.04. The Morgan fingerprint density at radius 3 is 2.17 bits per heavy atom. The molecule has 0 aromatic rings. The summed E-state index contributed by atoms with van der Waals surface area (Å²) in [4.78, 5) is 0. The Morgan fingerprint density at radius 1 is 1.33 bits per heavy atom. The van der Waals surface area contributed by atoms with E-state index in [4.69, 9.17) is 5.11 Å². The zero-order valence-corrected chi connectivity index (χ0v) is 8.43. The minimum atomic E-state index is 1.00. The summed E-state index contributed by atoms with van der Waals surface area (Å²) < 4.78 is 0.